The number of rotatable bonds is 6. The molecular weight excluding hydrogens is 332 g/mol. The lowest BCUT2D eigenvalue weighted by Gasteiger charge is -2.36. The average Bonchev–Trinajstić information content (AvgIpc) is 2.60. The lowest BCUT2D eigenvalue weighted by atomic mass is 9.72. The van der Waals surface area contributed by atoms with Gasteiger partial charge in [-0.3, -0.25) is 0 Å². The molecule has 0 bridgehead atoms. The van der Waals surface area contributed by atoms with Crippen LogP contribution < -0.4 is 4.74 Å². The largest absolute Gasteiger partial charge is 0.482 e. The van der Waals surface area contributed by atoms with Gasteiger partial charge in [-0.1, -0.05) is 26.8 Å². The van der Waals surface area contributed by atoms with E-state index in [1.54, 1.807) is 31.2 Å². The van der Waals surface area contributed by atoms with Gasteiger partial charge in [-0.25, -0.2) is 9.59 Å². The molecule has 1 aliphatic rings. The molecule has 2 rings (SSSR count). The van der Waals surface area contributed by atoms with Gasteiger partial charge in [-0.05, 0) is 62.1 Å². The molecule has 1 aromatic rings. The Labute approximate surface area is 156 Å². The second-order valence-corrected chi connectivity index (χ2v) is 7.87. The maximum atomic E-state index is 12.0. The fourth-order valence-electron chi connectivity index (χ4n) is 3.34. The molecular formula is C21H30O5. The Morgan fingerprint density at radius 3 is 2.42 bits per heavy atom. The summed E-state index contributed by atoms with van der Waals surface area (Å²) >= 11 is 0. The van der Waals surface area contributed by atoms with Crippen LogP contribution in [0, 0.1) is 11.3 Å². The zero-order valence-corrected chi connectivity index (χ0v) is 16.2. The van der Waals surface area contributed by atoms with Gasteiger partial charge in [0.1, 0.15) is 11.9 Å². The molecule has 0 amide bonds. The van der Waals surface area contributed by atoms with Crippen molar-refractivity contribution in [2.24, 2.45) is 11.3 Å². The summed E-state index contributed by atoms with van der Waals surface area (Å²) in [5, 5.41) is 0. The fraction of sp³-hybridized carbons (Fsp3) is 0.619. The van der Waals surface area contributed by atoms with Gasteiger partial charge in [0.2, 0.25) is 0 Å². The quantitative estimate of drug-likeness (QED) is 0.702. The van der Waals surface area contributed by atoms with Crippen molar-refractivity contribution >= 4 is 11.9 Å². The number of hydrogen-bond donors (Lipinski definition) is 0. The minimum atomic E-state index is -0.406. The van der Waals surface area contributed by atoms with Crippen molar-refractivity contribution in [1.82, 2.24) is 0 Å². The van der Waals surface area contributed by atoms with E-state index in [-0.39, 0.29) is 18.7 Å². The average molecular weight is 362 g/mol. The molecule has 1 aliphatic carbocycles. The van der Waals surface area contributed by atoms with Crippen molar-refractivity contribution in [1.29, 1.82) is 0 Å². The van der Waals surface area contributed by atoms with Gasteiger partial charge in [0, 0.05) is 0 Å². The monoisotopic (exact) mass is 362 g/mol. The van der Waals surface area contributed by atoms with Gasteiger partial charge in [0.05, 0.1) is 12.2 Å². The van der Waals surface area contributed by atoms with Crippen LogP contribution in [0.3, 0.4) is 0 Å². The van der Waals surface area contributed by atoms with Crippen LogP contribution in [-0.2, 0) is 14.3 Å². The Kier molecular flexibility index (Phi) is 7.06. The normalized spacial score (nSPS) is 20.3. The molecule has 0 atom stereocenters. The van der Waals surface area contributed by atoms with Crippen molar-refractivity contribution in [2.75, 3.05) is 13.2 Å². The van der Waals surface area contributed by atoms with E-state index < -0.39 is 5.97 Å². The Balaban J connectivity index is 1.77. The summed E-state index contributed by atoms with van der Waals surface area (Å²) < 4.78 is 16.0. The maximum absolute atomic E-state index is 12.0. The minimum Gasteiger partial charge on any atom is -0.482 e. The highest BCUT2D eigenvalue weighted by Crippen LogP contribution is 2.38. The van der Waals surface area contributed by atoms with Crippen LogP contribution in [0.25, 0.3) is 0 Å². The lowest BCUT2D eigenvalue weighted by Crippen LogP contribution is -2.31. The van der Waals surface area contributed by atoms with Gasteiger partial charge in [-0.2, -0.15) is 0 Å². The first kappa shape index (κ1) is 20.3. The first-order valence-electron chi connectivity index (χ1n) is 9.39. The molecule has 1 aromatic carbocycles. The molecule has 0 aliphatic heterocycles. The molecule has 5 nitrogen and oxygen atoms in total. The third-order valence-corrected chi connectivity index (χ3v) is 4.90. The van der Waals surface area contributed by atoms with Crippen molar-refractivity contribution < 1.29 is 23.8 Å². The van der Waals surface area contributed by atoms with Crippen molar-refractivity contribution in [3.8, 4) is 5.75 Å². The topological polar surface area (TPSA) is 61.8 Å². The lowest BCUT2D eigenvalue weighted by molar-refractivity contribution is -0.153. The second kappa shape index (κ2) is 9.06. The summed E-state index contributed by atoms with van der Waals surface area (Å²) in [4.78, 5) is 23.8. The maximum Gasteiger partial charge on any atom is 0.344 e. The van der Waals surface area contributed by atoms with E-state index in [9.17, 15) is 9.59 Å². The van der Waals surface area contributed by atoms with Gasteiger partial charge in [0.25, 0.3) is 0 Å². The van der Waals surface area contributed by atoms with E-state index >= 15 is 0 Å². The van der Waals surface area contributed by atoms with Crippen LogP contribution in [0.2, 0.25) is 0 Å². The summed E-state index contributed by atoms with van der Waals surface area (Å²) in [5.74, 6) is 0.352. The zero-order valence-electron chi connectivity index (χ0n) is 16.2. The predicted molar refractivity (Wildman–Crippen MR) is 99.2 cm³/mol. The Morgan fingerprint density at radius 1 is 1.12 bits per heavy atom. The second-order valence-electron chi connectivity index (χ2n) is 7.87. The van der Waals surface area contributed by atoms with E-state index in [0.717, 1.165) is 25.7 Å². The molecule has 1 saturated carbocycles. The van der Waals surface area contributed by atoms with Crippen molar-refractivity contribution in [2.45, 2.75) is 59.5 Å². The standard InChI is InChI=1S/C21H30O5/c1-5-24-20(23)15-7-6-8-18(13-15)25-14-19(22)26-17-11-9-16(10-12-17)21(2,3)4/h6-8,13,16-17H,5,9-12,14H2,1-4H3. The van der Waals surface area contributed by atoms with Crippen LogP contribution >= 0.6 is 0 Å². The fourth-order valence-corrected chi connectivity index (χ4v) is 3.34. The van der Waals surface area contributed by atoms with Gasteiger partial charge < -0.3 is 14.2 Å². The molecule has 1 fully saturated rings. The Morgan fingerprint density at radius 2 is 1.81 bits per heavy atom. The van der Waals surface area contributed by atoms with E-state index in [0.29, 0.717) is 29.3 Å². The minimum absolute atomic E-state index is 0.0180. The van der Waals surface area contributed by atoms with Crippen LogP contribution in [0.5, 0.6) is 5.75 Å². The van der Waals surface area contributed by atoms with Crippen LogP contribution in [0.15, 0.2) is 24.3 Å². The molecule has 144 valence electrons. The number of ether oxygens (including phenoxy) is 3. The summed E-state index contributed by atoms with van der Waals surface area (Å²) in [6, 6.07) is 6.61. The number of carbonyl (C=O) groups excluding carboxylic acids is 2. The Hall–Kier alpha value is -2.04. The molecule has 0 spiro atoms. The molecule has 0 heterocycles. The molecule has 5 heteroatoms. The number of hydrogen-bond acceptors (Lipinski definition) is 5. The summed E-state index contributed by atoms with van der Waals surface area (Å²) in [6.07, 6.45) is 3.97. The SMILES string of the molecule is CCOC(=O)c1cccc(OCC(=O)OC2CCC(C(C)(C)C)CC2)c1. The van der Waals surface area contributed by atoms with E-state index in [1.807, 2.05) is 0 Å². The molecule has 0 N–H and O–H groups in total. The van der Waals surface area contributed by atoms with Crippen LogP contribution in [0.1, 0.15) is 63.7 Å². The van der Waals surface area contributed by atoms with E-state index in [4.69, 9.17) is 14.2 Å². The molecule has 0 unspecified atom stereocenters. The van der Waals surface area contributed by atoms with Crippen LogP contribution in [-0.4, -0.2) is 31.3 Å². The van der Waals surface area contributed by atoms with E-state index in [1.165, 1.54) is 0 Å². The Bertz CT molecular complexity index is 609. The molecule has 26 heavy (non-hydrogen) atoms. The van der Waals surface area contributed by atoms with Crippen molar-refractivity contribution in [3.05, 3.63) is 29.8 Å². The number of carbonyl (C=O) groups is 2. The number of esters is 2. The van der Waals surface area contributed by atoms with Gasteiger partial charge >= 0.3 is 11.9 Å². The van der Waals surface area contributed by atoms with E-state index in [2.05, 4.69) is 20.8 Å². The predicted octanol–water partition coefficient (Wildman–Crippen LogP) is 4.39. The first-order chi connectivity index (χ1) is 12.3. The summed E-state index contributed by atoms with van der Waals surface area (Å²) in [6.45, 7) is 8.70. The summed E-state index contributed by atoms with van der Waals surface area (Å²) in [5.41, 5.74) is 0.709. The highest BCUT2D eigenvalue weighted by atomic mass is 16.6. The molecule has 0 aromatic heterocycles. The van der Waals surface area contributed by atoms with Crippen molar-refractivity contribution in [3.63, 3.8) is 0 Å². The molecule has 0 saturated heterocycles. The van der Waals surface area contributed by atoms with Crippen LogP contribution in [0.4, 0.5) is 0 Å². The molecule has 0 radical (unpaired) electrons. The van der Waals surface area contributed by atoms with Gasteiger partial charge in [0.15, 0.2) is 6.61 Å². The first-order valence-corrected chi connectivity index (χ1v) is 9.39. The third kappa shape index (κ3) is 6.04. The van der Waals surface area contributed by atoms with Gasteiger partial charge in [-0.15, -0.1) is 0 Å². The summed E-state index contributed by atoms with van der Waals surface area (Å²) in [7, 11) is 0. The highest BCUT2D eigenvalue weighted by molar-refractivity contribution is 5.89. The highest BCUT2D eigenvalue weighted by Gasteiger charge is 2.31. The third-order valence-electron chi connectivity index (χ3n) is 4.90. The smallest absolute Gasteiger partial charge is 0.344 e. The number of benzene rings is 1. The zero-order chi connectivity index (χ0) is 19.2.